The first kappa shape index (κ1) is 21.0. The third-order valence-corrected chi connectivity index (χ3v) is 6.64. The minimum absolute atomic E-state index is 0.166. The zero-order valence-electron chi connectivity index (χ0n) is 15.4. The molecule has 152 valence electrons. The van der Waals surface area contributed by atoms with Crippen molar-refractivity contribution in [3.05, 3.63) is 56.5 Å². The van der Waals surface area contributed by atoms with Gasteiger partial charge in [0.25, 0.3) is 5.91 Å². The van der Waals surface area contributed by atoms with Crippen LogP contribution in [0.4, 0.5) is 5.13 Å². The number of aromatic nitrogens is 1. The van der Waals surface area contributed by atoms with Gasteiger partial charge in [-0.15, -0.1) is 0 Å². The van der Waals surface area contributed by atoms with E-state index in [-0.39, 0.29) is 5.91 Å². The molecule has 0 radical (unpaired) electrons. The molecule has 5 nitrogen and oxygen atoms in total. The van der Waals surface area contributed by atoms with Gasteiger partial charge in [0.05, 0.1) is 23.4 Å². The average molecular weight is 515 g/mol. The number of hydrogen-bond donors (Lipinski definition) is 0. The van der Waals surface area contributed by atoms with Crippen LogP contribution in [0.3, 0.4) is 0 Å². The Morgan fingerprint density at radius 3 is 2.62 bits per heavy atom. The monoisotopic (exact) mass is 513 g/mol. The second kappa shape index (κ2) is 9.29. The number of ether oxygens (including phenoxy) is 1. The molecule has 4 rings (SSSR count). The first-order valence-corrected chi connectivity index (χ1v) is 11.5. The quantitative estimate of drug-likeness (QED) is 0.460. The summed E-state index contributed by atoms with van der Waals surface area (Å²) in [4.78, 5) is 22.1. The molecule has 0 unspecified atom stereocenters. The number of halogens is 3. The first-order chi connectivity index (χ1) is 14.0. The SMILES string of the molecule is O=C(c1cc(Cl)cc(Cl)c1)N(CCN1CCOCC1)c1nc2ccc(Br)cc2s1. The van der Waals surface area contributed by atoms with Crippen molar-refractivity contribution in [2.45, 2.75) is 0 Å². The maximum absolute atomic E-state index is 13.4. The number of nitrogens with zero attached hydrogens (tertiary/aromatic N) is 3. The van der Waals surface area contributed by atoms with Crippen LogP contribution in [0, 0.1) is 0 Å². The second-order valence-corrected chi connectivity index (χ2v) is 9.48. The topological polar surface area (TPSA) is 45.7 Å². The average Bonchev–Trinajstić information content (AvgIpc) is 3.10. The number of morpholine rings is 1. The number of thiazole rings is 1. The van der Waals surface area contributed by atoms with E-state index in [1.165, 1.54) is 11.3 Å². The molecular formula is C20H18BrCl2N3O2S. The van der Waals surface area contributed by atoms with Crippen molar-refractivity contribution in [2.75, 3.05) is 44.3 Å². The lowest BCUT2D eigenvalue weighted by atomic mass is 10.2. The molecule has 1 fully saturated rings. The van der Waals surface area contributed by atoms with Gasteiger partial charge in [0, 0.05) is 46.3 Å². The lowest BCUT2D eigenvalue weighted by Gasteiger charge is -2.29. The van der Waals surface area contributed by atoms with E-state index in [9.17, 15) is 4.79 Å². The number of fused-ring (bicyclic) bond motifs is 1. The molecule has 0 aliphatic carbocycles. The Balaban J connectivity index is 1.66. The number of amides is 1. The van der Waals surface area contributed by atoms with E-state index < -0.39 is 0 Å². The minimum atomic E-state index is -0.166. The fraction of sp³-hybridized carbons (Fsp3) is 0.300. The number of benzene rings is 2. The molecule has 3 aromatic rings. The molecule has 0 N–H and O–H groups in total. The van der Waals surface area contributed by atoms with E-state index in [0.29, 0.717) is 40.5 Å². The number of hydrogen-bond acceptors (Lipinski definition) is 5. The van der Waals surface area contributed by atoms with Crippen LogP contribution in [0.15, 0.2) is 40.9 Å². The third-order valence-electron chi connectivity index (χ3n) is 4.67. The molecule has 1 amide bonds. The van der Waals surface area contributed by atoms with Crippen LogP contribution in [0.2, 0.25) is 10.0 Å². The van der Waals surface area contributed by atoms with Gasteiger partial charge in [-0.1, -0.05) is 50.5 Å². The van der Waals surface area contributed by atoms with Crippen molar-refractivity contribution in [2.24, 2.45) is 0 Å². The van der Waals surface area contributed by atoms with Crippen LogP contribution in [0.25, 0.3) is 10.2 Å². The Kier molecular flexibility index (Phi) is 6.73. The molecule has 2 heterocycles. The molecule has 1 aliphatic heterocycles. The van der Waals surface area contributed by atoms with Gasteiger partial charge in [-0.2, -0.15) is 0 Å². The number of carbonyl (C=O) groups excluding carboxylic acids is 1. The molecule has 1 saturated heterocycles. The summed E-state index contributed by atoms with van der Waals surface area (Å²) in [5.74, 6) is -0.166. The third kappa shape index (κ3) is 5.10. The maximum atomic E-state index is 13.4. The highest BCUT2D eigenvalue weighted by Crippen LogP contribution is 2.32. The van der Waals surface area contributed by atoms with Crippen LogP contribution >= 0.6 is 50.5 Å². The predicted molar refractivity (Wildman–Crippen MR) is 123 cm³/mol. The van der Waals surface area contributed by atoms with Gasteiger partial charge >= 0.3 is 0 Å². The van der Waals surface area contributed by atoms with Crippen LogP contribution in [0.5, 0.6) is 0 Å². The lowest BCUT2D eigenvalue weighted by molar-refractivity contribution is 0.0391. The van der Waals surface area contributed by atoms with Crippen molar-refractivity contribution in [3.63, 3.8) is 0 Å². The Bertz CT molecular complexity index is 1020. The predicted octanol–water partition coefficient (Wildman–Crippen LogP) is 5.34. The molecule has 0 atom stereocenters. The normalized spacial score (nSPS) is 15.0. The Hall–Kier alpha value is -1.22. The number of rotatable bonds is 5. The molecular weight excluding hydrogens is 497 g/mol. The lowest BCUT2D eigenvalue weighted by Crippen LogP contribution is -2.43. The highest BCUT2D eigenvalue weighted by atomic mass is 79.9. The largest absolute Gasteiger partial charge is 0.379 e. The number of carbonyl (C=O) groups is 1. The van der Waals surface area contributed by atoms with E-state index in [1.54, 1.807) is 23.1 Å². The van der Waals surface area contributed by atoms with Gasteiger partial charge < -0.3 is 4.74 Å². The fourth-order valence-corrected chi connectivity index (χ4v) is 5.25. The van der Waals surface area contributed by atoms with Crippen molar-refractivity contribution in [3.8, 4) is 0 Å². The van der Waals surface area contributed by atoms with Gasteiger partial charge in [0.1, 0.15) is 0 Å². The van der Waals surface area contributed by atoms with Gasteiger partial charge in [-0.05, 0) is 36.4 Å². The van der Waals surface area contributed by atoms with Gasteiger partial charge in [-0.3, -0.25) is 14.6 Å². The van der Waals surface area contributed by atoms with E-state index >= 15 is 0 Å². The summed E-state index contributed by atoms with van der Waals surface area (Å²) in [5.41, 5.74) is 1.31. The van der Waals surface area contributed by atoms with E-state index in [4.69, 9.17) is 32.9 Å². The standard InChI is InChI=1S/C20H18BrCl2N3O2S/c21-14-1-2-17-18(11-14)29-20(24-17)26(4-3-25-5-7-28-8-6-25)19(27)13-9-15(22)12-16(23)10-13/h1-2,9-12H,3-8H2. The molecule has 0 saturated carbocycles. The molecule has 2 aromatic carbocycles. The summed E-state index contributed by atoms with van der Waals surface area (Å²) in [6, 6.07) is 10.8. The molecule has 1 aliphatic rings. The summed E-state index contributed by atoms with van der Waals surface area (Å²) in [6.45, 7) is 4.41. The Morgan fingerprint density at radius 2 is 1.90 bits per heavy atom. The minimum Gasteiger partial charge on any atom is -0.379 e. The maximum Gasteiger partial charge on any atom is 0.260 e. The van der Waals surface area contributed by atoms with E-state index in [2.05, 4.69) is 20.8 Å². The first-order valence-electron chi connectivity index (χ1n) is 9.14. The van der Waals surface area contributed by atoms with Gasteiger partial charge in [-0.25, -0.2) is 4.98 Å². The van der Waals surface area contributed by atoms with Gasteiger partial charge in [0.2, 0.25) is 0 Å². The second-order valence-electron chi connectivity index (χ2n) is 6.68. The zero-order chi connectivity index (χ0) is 20.4. The van der Waals surface area contributed by atoms with Crippen LogP contribution in [0.1, 0.15) is 10.4 Å². The fourth-order valence-electron chi connectivity index (χ4n) is 3.19. The summed E-state index contributed by atoms with van der Waals surface area (Å²) >= 11 is 17.2. The molecule has 1 aromatic heterocycles. The van der Waals surface area contributed by atoms with Crippen LogP contribution in [-0.4, -0.2) is 55.2 Å². The zero-order valence-corrected chi connectivity index (χ0v) is 19.3. The Morgan fingerprint density at radius 1 is 1.17 bits per heavy atom. The molecule has 9 heteroatoms. The highest BCUT2D eigenvalue weighted by molar-refractivity contribution is 9.10. The van der Waals surface area contributed by atoms with Crippen molar-refractivity contribution >= 4 is 71.7 Å². The van der Waals surface area contributed by atoms with Gasteiger partial charge in [0.15, 0.2) is 5.13 Å². The summed E-state index contributed by atoms with van der Waals surface area (Å²) in [6.07, 6.45) is 0. The van der Waals surface area contributed by atoms with Crippen molar-refractivity contribution < 1.29 is 9.53 Å². The number of anilines is 1. The summed E-state index contributed by atoms with van der Waals surface area (Å²) in [7, 11) is 0. The molecule has 29 heavy (non-hydrogen) atoms. The van der Waals surface area contributed by atoms with Crippen LogP contribution in [-0.2, 0) is 4.74 Å². The molecule has 0 bridgehead atoms. The van der Waals surface area contributed by atoms with Crippen molar-refractivity contribution in [1.29, 1.82) is 0 Å². The Labute approximate surface area is 191 Å². The van der Waals surface area contributed by atoms with E-state index in [1.807, 2.05) is 18.2 Å². The smallest absolute Gasteiger partial charge is 0.260 e. The van der Waals surface area contributed by atoms with Crippen molar-refractivity contribution in [1.82, 2.24) is 9.88 Å². The summed E-state index contributed by atoms with van der Waals surface area (Å²) in [5, 5.41) is 1.52. The summed E-state index contributed by atoms with van der Waals surface area (Å²) < 4.78 is 7.42. The molecule has 0 spiro atoms. The van der Waals surface area contributed by atoms with Crippen LogP contribution < -0.4 is 4.90 Å². The van der Waals surface area contributed by atoms with E-state index in [0.717, 1.165) is 34.3 Å². The highest BCUT2D eigenvalue weighted by Gasteiger charge is 2.23.